The van der Waals surface area contributed by atoms with Crippen LogP contribution >= 0.6 is 0 Å². The number of hydrogen-bond acceptors (Lipinski definition) is 2. The molecule has 20 heavy (non-hydrogen) atoms. The summed E-state index contributed by atoms with van der Waals surface area (Å²) in [5.74, 6) is 0. The lowest BCUT2D eigenvalue weighted by Gasteiger charge is -1.99. The molecule has 0 saturated carbocycles. The van der Waals surface area contributed by atoms with Crippen molar-refractivity contribution in [2.75, 3.05) is 6.67 Å². The van der Waals surface area contributed by atoms with Crippen molar-refractivity contribution in [3.8, 4) is 0 Å². The van der Waals surface area contributed by atoms with Crippen LogP contribution in [0.4, 0.5) is 0 Å². The first kappa shape index (κ1) is 31.3. The lowest BCUT2D eigenvalue weighted by molar-refractivity contribution is 1.04. The summed E-state index contributed by atoms with van der Waals surface area (Å²) in [6.45, 7) is 8.95. The van der Waals surface area contributed by atoms with Gasteiger partial charge in [0, 0.05) is 0 Å². The standard InChI is InChI=1S/C11H14N2.C2H6.5CH4/c1-3-8-5-6-9(4-2)11-10(8)12-7-13-11;1-2;;;;;/h5-6H,3-4,7H2,1-2H3;1-2H3;5*1H4. The highest BCUT2D eigenvalue weighted by Crippen LogP contribution is 1.98. The fourth-order valence-corrected chi connectivity index (χ4v) is 1.76. The zero-order valence-corrected chi connectivity index (χ0v) is 10.2. The second-order valence-corrected chi connectivity index (χ2v) is 3.25. The van der Waals surface area contributed by atoms with Gasteiger partial charge in [-0.05, 0) is 24.0 Å². The van der Waals surface area contributed by atoms with Crippen molar-refractivity contribution in [1.82, 2.24) is 0 Å². The molecule has 0 N–H and O–H groups in total. The summed E-state index contributed by atoms with van der Waals surface area (Å²) < 4.78 is 0. The smallest absolute Gasteiger partial charge is 0.130 e. The van der Waals surface area contributed by atoms with Gasteiger partial charge in [-0.15, -0.1) is 0 Å². The molecule has 2 nitrogen and oxygen atoms in total. The molecular weight excluding hydrogens is 244 g/mol. The van der Waals surface area contributed by atoms with Gasteiger partial charge in [0.15, 0.2) is 0 Å². The highest BCUT2D eigenvalue weighted by Gasteiger charge is 2.05. The van der Waals surface area contributed by atoms with Crippen molar-refractivity contribution in [2.45, 2.75) is 77.7 Å². The lowest BCUT2D eigenvalue weighted by Crippen LogP contribution is -2.29. The second kappa shape index (κ2) is 15.9. The molecule has 122 valence electrons. The van der Waals surface area contributed by atoms with Crippen LogP contribution in [0.25, 0.3) is 0 Å². The zero-order valence-electron chi connectivity index (χ0n) is 10.2. The maximum Gasteiger partial charge on any atom is 0.130 e. The quantitative estimate of drug-likeness (QED) is 0.710. The van der Waals surface area contributed by atoms with Crippen LogP contribution in [-0.2, 0) is 12.8 Å². The minimum atomic E-state index is 0. The minimum absolute atomic E-state index is 0. The van der Waals surface area contributed by atoms with E-state index in [2.05, 4.69) is 36.0 Å². The number of rotatable bonds is 2. The molecule has 0 unspecified atom stereocenters. The van der Waals surface area contributed by atoms with Crippen LogP contribution in [0.1, 0.15) is 76.0 Å². The number of nitrogens with zero attached hydrogens (tertiary/aromatic N) is 2. The van der Waals surface area contributed by atoms with Gasteiger partial charge in [0.25, 0.3) is 0 Å². The van der Waals surface area contributed by atoms with Crippen LogP contribution in [0.15, 0.2) is 22.1 Å². The Kier molecular flexibility index (Phi) is 24.8. The Labute approximate surface area is 129 Å². The number of benzene rings is 1. The van der Waals surface area contributed by atoms with Crippen LogP contribution in [0.3, 0.4) is 0 Å². The van der Waals surface area contributed by atoms with Crippen molar-refractivity contribution < 1.29 is 0 Å². The number of aryl methyl sites for hydroxylation is 2. The monoisotopic (exact) mass is 284 g/mol. The fourth-order valence-electron chi connectivity index (χ4n) is 1.76. The number of hydrogen-bond donors (Lipinski definition) is 0. The molecule has 1 aliphatic heterocycles. The molecule has 1 aromatic carbocycles. The zero-order chi connectivity index (χ0) is 11.3. The summed E-state index contributed by atoms with van der Waals surface area (Å²) in [5, 5.41) is 2.28. The summed E-state index contributed by atoms with van der Waals surface area (Å²) >= 11 is 0. The molecule has 0 radical (unpaired) electrons. The molecule has 1 aliphatic rings. The largest absolute Gasteiger partial charge is 0.259 e. The van der Waals surface area contributed by atoms with Crippen molar-refractivity contribution >= 4 is 0 Å². The fraction of sp³-hybridized carbons (Fsp3) is 0.667. The van der Waals surface area contributed by atoms with Gasteiger partial charge in [-0.3, -0.25) is 9.98 Å². The predicted octanol–water partition coefficient (Wildman–Crippen LogP) is 5.23. The first-order valence-electron chi connectivity index (χ1n) is 5.86. The Balaban J connectivity index is -0.000000103. The Hall–Kier alpha value is -1.18. The van der Waals surface area contributed by atoms with E-state index in [-0.39, 0.29) is 37.1 Å². The summed E-state index contributed by atoms with van der Waals surface area (Å²) in [4.78, 5) is 8.82. The van der Waals surface area contributed by atoms with E-state index in [9.17, 15) is 0 Å². The highest BCUT2D eigenvalue weighted by atomic mass is 15.0. The first-order chi connectivity index (χ1) is 7.36. The molecule has 2 rings (SSSR count). The molecule has 0 aromatic heterocycles. The Bertz CT molecular complexity index is 392. The maximum absolute atomic E-state index is 4.41. The van der Waals surface area contributed by atoms with E-state index in [1.165, 1.54) is 11.1 Å². The van der Waals surface area contributed by atoms with E-state index in [1.807, 2.05) is 13.8 Å². The van der Waals surface area contributed by atoms with Crippen LogP contribution in [-0.4, -0.2) is 6.67 Å². The van der Waals surface area contributed by atoms with E-state index in [1.54, 1.807) is 0 Å². The van der Waals surface area contributed by atoms with E-state index in [4.69, 9.17) is 0 Å². The van der Waals surface area contributed by atoms with Crippen LogP contribution in [0.2, 0.25) is 0 Å². The van der Waals surface area contributed by atoms with Crippen LogP contribution in [0, 0.1) is 0 Å². The second-order valence-electron chi connectivity index (χ2n) is 3.25. The van der Waals surface area contributed by atoms with Crippen molar-refractivity contribution in [3.63, 3.8) is 0 Å². The molecule has 0 bridgehead atoms. The summed E-state index contributed by atoms with van der Waals surface area (Å²) in [6.07, 6.45) is 2.09. The van der Waals surface area contributed by atoms with E-state index >= 15 is 0 Å². The number of fused-ring (bicyclic) bond motifs is 1. The normalized spacial score (nSPS) is 9.00. The van der Waals surface area contributed by atoms with E-state index in [0.717, 1.165) is 23.6 Å². The minimum Gasteiger partial charge on any atom is -0.259 e. The molecule has 0 saturated heterocycles. The molecule has 2 heteroatoms. The molecule has 0 aliphatic carbocycles. The third-order valence-corrected chi connectivity index (χ3v) is 2.54. The van der Waals surface area contributed by atoms with Crippen LogP contribution in [0.5, 0.6) is 0 Å². The molecular formula is C18H40N2. The average molecular weight is 285 g/mol. The average Bonchev–Trinajstić information content (AvgIpc) is 2.79. The highest BCUT2D eigenvalue weighted by molar-refractivity contribution is 5.23. The van der Waals surface area contributed by atoms with Gasteiger partial charge in [-0.1, -0.05) is 77.0 Å². The summed E-state index contributed by atoms with van der Waals surface area (Å²) in [5.41, 5.74) is 2.65. The summed E-state index contributed by atoms with van der Waals surface area (Å²) in [6, 6.07) is 4.37. The van der Waals surface area contributed by atoms with E-state index < -0.39 is 0 Å². The predicted molar refractivity (Wildman–Crippen MR) is 97.4 cm³/mol. The first-order valence-corrected chi connectivity index (χ1v) is 5.86. The molecule has 1 aromatic rings. The lowest BCUT2D eigenvalue weighted by atomic mass is 10.1. The topological polar surface area (TPSA) is 24.7 Å². The Morgan fingerprint density at radius 1 is 0.750 bits per heavy atom. The summed E-state index contributed by atoms with van der Waals surface area (Å²) in [7, 11) is 0. The van der Waals surface area contributed by atoms with Gasteiger partial charge in [0.05, 0.1) is 10.7 Å². The molecule has 1 heterocycles. The van der Waals surface area contributed by atoms with Gasteiger partial charge < -0.3 is 0 Å². The van der Waals surface area contributed by atoms with Gasteiger partial charge in [0.2, 0.25) is 0 Å². The Morgan fingerprint density at radius 3 is 1.30 bits per heavy atom. The van der Waals surface area contributed by atoms with Crippen LogP contribution < -0.4 is 10.7 Å². The Morgan fingerprint density at radius 2 is 1.05 bits per heavy atom. The molecule has 0 amide bonds. The molecule has 0 atom stereocenters. The maximum atomic E-state index is 4.41. The molecule has 0 spiro atoms. The third-order valence-electron chi connectivity index (χ3n) is 2.54. The van der Waals surface area contributed by atoms with Crippen molar-refractivity contribution in [1.29, 1.82) is 0 Å². The van der Waals surface area contributed by atoms with Gasteiger partial charge in [-0.25, -0.2) is 0 Å². The van der Waals surface area contributed by atoms with Gasteiger partial charge in [-0.2, -0.15) is 0 Å². The van der Waals surface area contributed by atoms with Crippen molar-refractivity contribution in [3.05, 3.63) is 34.0 Å². The molecule has 0 fully saturated rings. The van der Waals surface area contributed by atoms with E-state index in [0.29, 0.717) is 6.67 Å². The SMILES string of the molecule is C.C.C.C.C.CC.CCc1ccc(CC)c2c1=NCN=2. The van der Waals surface area contributed by atoms with Gasteiger partial charge in [0.1, 0.15) is 6.67 Å². The van der Waals surface area contributed by atoms with Gasteiger partial charge >= 0.3 is 0 Å². The third kappa shape index (κ3) is 6.31. The van der Waals surface area contributed by atoms with Crippen molar-refractivity contribution in [2.24, 2.45) is 9.98 Å².